The first kappa shape index (κ1) is 24.4. The second-order valence-corrected chi connectivity index (χ2v) is 8.20. The standard InChI is InChI=1S/C26H23N3O7/c27-24(30)14-13-23(25(31)36-17-11-9-16(10-12-17)29(33)34)28-26(32)35-15-22-20-7-3-1-5-18(20)19-6-2-4-8-21(19)22/h1-12,22-23H,13-15H2,(H2,27,30)(H,28,32)/t23-/m1/s1. The van der Waals surface area contributed by atoms with Crippen LogP contribution in [0.4, 0.5) is 10.5 Å². The number of non-ortho nitro benzene ring substituents is 1. The molecule has 3 aromatic rings. The lowest BCUT2D eigenvalue weighted by atomic mass is 9.98. The third-order valence-electron chi connectivity index (χ3n) is 5.87. The van der Waals surface area contributed by atoms with E-state index in [4.69, 9.17) is 15.2 Å². The molecule has 4 rings (SSSR count). The van der Waals surface area contributed by atoms with Crippen LogP contribution in [0.1, 0.15) is 29.9 Å². The minimum atomic E-state index is -1.22. The highest BCUT2D eigenvalue weighted by molar-refractivity contribution is 5.84. The number of rotatable bonds is 9. The number of nitrogens with one attached hydrogen (secondary N) is 1. The van der Waals surface area contributed by atoms with Gasteiger partial charge in [0.1, 0.15) is 18.4 Å². The second-order valence-electron chi connectivity index (χ2n) is 8.20. The van der Waals surface area contributed by atoms with Gasteiger partial charge in [-0.15, -0.1) is 0 Å². The van der Waals surface area contributed by atoms with Gasteiger partial charge in [0, 0.05) is 24.5 Å². The summed E-state index contributed by atoms with van der Waals surface area (Å²) in [5.41, 5.74) is 9.26. The summed E-state index contributed by atoms with van der Waals surface area (Å²) < 4.78 is 10.7. The molecule has 3 N–H and O–H groups in total. The predicted molar refractivity (Wildman–Crippen MR) is 129 cm³/mol. The Hall–Kier alpha value is -4.73. The number of nitrogens with zero attached hydrogens (tertiary/aromatic N) is 1. The highest BCUT2D eigenvalue weighted by atomic mass is 16.6. The van der Waals surface area contributed by atoms with Gasteiger partial charge >= 0.3 is 12.1 Å². The Morgan fingerprint density at radius 1 is 0.944 bits per heavy atom. The van der Waals surface area contributed by atoms with Gasteiger partial charge in [-0.3, -0.25) is 14.9 Å². The smallest absolute Gasteiger partial charge is 0.407 e. The SMILES string of the molecule is NC(=O)CC[C@@H](NC(=O)OCC1c2ccccc2-c2ccccc21)C(=O)Oc1ccc([N+](=O)[O-])cc1. The summed E-state index contributed by atoms with van der Waals surface area (Å²) in [6, 6.07) is 19.4. The number of esters is 1. The summed E-state index contributed by atoms with van der Waals surface area (Å²) in [5, 5.41) is 13.2. The minimum absolute atomic E-state index is 0.0415. The van der Waals surface area contributed by atoms with Gasteiger partial charge < -0.3 is 20.5 Å². The number of hydrogen-bond acceptors (Lipinski definition) is 7. The van der Waals surface area contributed by atoms with Gasteiger partial charge in [-0.05, 0) is 40.8 Å². The number of fused-ring (bicyclic) bond motifs is 3. The number of ether oxygens (including phenoxy) is 2. The van der Waals surface area contributed by atoms with Crippen molar-refractivity contribution in [1.82, 2.24) is 5.32 Å². The molecule has 0 saturated heterocycles. The number of carbonyl (C=O) groups is 3. The molecule has 184 valence electrons. The molecule has 0 bridgehead atoms. The molecular formula is C26H23N3O7. The second kappa shape index (κ2) is 10.7. The van der Waals surface area contributed by atoms with Crippen molar-refractivity contribution >= 4 is 23.7 Å². The van der Waals surface area contributed by atoms with Crippen LogP contribution in [0.5, 0.6) is 5.75 Å². The van der Waals surface area contributed by atoms with Gasteiger partial charge in [-0.1, -0.05) is 48.5 Å². The van der Waals surface area contributed by atoms with Gasteiger partial charge in [0.25, 0.3) is 5.69 Å². The normalized spacial score (nSPS) is 12.7. The largest absolute Gasteiger partial charge is 0.449 e. The molecule has 0 heterocycles. The molecular weight excluding hydrogens is 466 g/mol. The van der Waals surface area contributed by atoms with Crippen molar-refractivity contribution in [3.05, 3.63) is 94.0 Å². The van der Waals surface area contributed by atoms with Crippen LogP contribution in [0.2, 0.25) is 0 Å². The molecule has 2 amide bonds. The summed E-state index contributed by atoms with van der Waals surface area (Å²) in [6.45, 7) is 0.0415. The lowest BCUT2D eigenvalue weighted by Crippen LogP contribution is -2.44. The zero-order valence-corrected chi connectivity index (χ0v) is 19.1. The van der Waals surface area contributed by atoms with E-state index in [-0.39, 0.29) is 36.8 Å². The highest BCUT2D eigenvalue weighted by Crippen LogP contribution is 2.44. The van der Waals surface area contributed by atoms with Gasteiger partial charge in [0.05, 0.1) is 4.92 Å². The number of carbonyl (C=O) groups excluding carboxylic acids is 3. The molecule has 0 aromatic heterocycles. The van der Waals surface area contributed by atoms with Crippen LogP contribution in [-0.2, 0) is 14.3 Å². The van der Waals surface area contributed by atoms with E-state index in [2.05, 4.69) is 5.32 Å². The lowest BCUT2D eigenvalue weighted by molar-refractivity contribution is -0.384. The highest BCUT2D eigenvalue weighted by Gasteiger charge is 2.30. The Morgan fingerprint density at radius 2 is 1.53 bits per heavy atom. The molecule has 0 aliphatic heterocycles. The van der Waals surface area contributed by atoms with E-state index in [0.29, 0.717) is 0 Å². The average Bonchev–Trinajstić information content (AvgIpc) is 3.19. The van der Waals surface area contributed by atoms with E-state index < -0.39 is 28.9 Å². The summed E-state index contributed by atoms with van der Waals surface area (Å²) >= 11 is 0. The zero-order chi connectivity index (χ0) is 25.7. The molecule has 0 fully saturated rings. The van der Waals surface area contributed by atoms with E-state index in [9.17, 15) is 24.5 Å². The molecule has 10 heteroatoms. The fourth-order valence-electron chi connectivity index (χ4n) is 4.14. The first-order valence-electron chi connectivity index (χ1n) is 11.2. The van der Waals surface area contributed by atoms with Crippen LogP contribution in [0.3, 0.4) is 0 Å². The number of amides is 2. The number of alkyl carbamates (subject to hydrolysis) is 1. The topological polar surface area (TPSA) is 151 Å². The summed E-state index contributed by atoms with van der Waals surface area (Å²) in [7, 11) is 0. The maximum absolute atomic E-state index is 12.7. The Labute approximate surface area is 206 Å². The van der Waals surface area contributed by atoms with Crippen molar-refractivity contribution in [2.24, 2.45) is 5.73 Å². The number of nitro benzene ring substituents is 1. The maximum atomic E-state index is 12.7. The van der Waals surface area contributed by atoms with Crippen LogP contribution in [0.15, 0.2) is 72.8 Å². The maximum Gasteiger partial charge on any atom is 0.407 e. The van der Waals surface area contributed by atoms with E-state index >= 15 is 0 Å². The number of primary amides is 1. The summed E-state index contributed by atoms with van der Waals surface area (Å²) in [6.07, 6.45) is -1.14. The fraction of sp³-hybridized carbons (Fsp3) is 0.192. The summed E-state index contributed by atoms with van der Waals surface area (Å²) in [4.78, 5) is 46.8. The van der Waals surface area contributed by atoms with Gasteiger partial charge in [0.2, 0.25) is 5.91 Å². The van der Waals surface area contributed by atoms with Crippen molar-refractivity contribution in [3.63, 3.8) is 0 Å². The van der Waals surface area contributed by atoms with Crippen molar-refractivity contribution < 1.29 is 28.8 Å². The van der Waals surface area contributed by atoms with Crippen LogP contribution < -0.4 is 15.8 Å². The molecule has 10 nitrogen and oxygen atoms in total. The van der Waals surface area contributed by atoms with Gasteiger partial charge in [-0.2, -0.15) is 0 Å². The Kier molecular flexibility index (Phi) is 7.24. The Balaban J connectivity index is 1.41. The van der Waals surface area contributed by atoms with Crippen LogP contribution >= 0.6 is 0 Å². The van der Waals surface area contributed by atoms with Crippen LogP contribution in [0, 0.1) is 10.1 Å². The molecule has 0 radical (unpaired) electrons. The van der Waals surface area contributed by atoms with Crippen molar-refractivity contribution in [3.8, 4) is 16.9 Å². The molecule has 0 spiro atoms. The molecule has 1 atom stereocenters. The van der Waals surface area contributed by atoms with Crippen LogP contribution in [0.25, 0.3) is 11.1 Å². The van der Waals surface area contributed by atoms with Gasteiger partial charge in [0.15, 0.2) is 0 Å². The molecule has 36 heavy (non-hydrogen) atoms. The molecule has 3 aromatic carbocycles. The quantitative estimate of drug-likeness (QED) is 0.201. The number of nitrogens with two attached hydrogens (primary N) is 1. The molecule has 0 unspecified atom stereocenters. The van der Waals surface area contributed by atoms with Crippen LogP contribution in [-0.4, -0.2) is 35.5 Å². The monoisotopic (exact) mass is 489 g/mol. The lowest BCUT2D eigenvalue weighted by Gasteiger charge is -2.19. The van der Waals surface area contributed by atoms with Crippen molar-refractivity contribution in [2.45, 2.75) is 24.8 Å². The molecule has 0 saturated carbocycles. The first-order chi connectivity index (χ1) is 17.3. The Bertz CT molecular complexity index is 1260. The Morgan fingerprint density at radius 3 is 2.08 bits per heavy atom. The molecule has 1 aliphatic rings. The predicted octanol–water partition coefficient (Wildman–Crippen LogP) is 3.67. The zero-order valence-electron chi connectivity index (χ0n) is 19.1. The number of benzene rings is 3. The fourth-order valence-corrected chi connectivity index (χ4v) is 4.14. The van der Waals surface area contributed by atoms with Crippen molar-refractivity contribution in [1.29, 1.82) is 0 Å². The van der Waals surface area contributed by atoms with E-state index in [1.165, 1.54) is 24.3 Å². The minimum Gasteiger partial charge on any atom is -0.449 e. The first-order valence-corrected chi connectivity index (χ1v) is 11.2. The third kappa shape index (κ3) is 5.49. The average molecular weight is 489 g/mol. The van der Waals surface area contributed by atoms with E-state index in [1.807, 2.05) is 48.5 Å². The van der Waals surface area contributed by atoms with Crippen molar-refractivity contribution in [2.75, 3.05) is 6.61 Å². The summed E-state index contributed by atoms with van der Waals surface area (Å²) in [5.74, 6) is -1.64. The van der Waals surface area contributed by atoms with E-state index in [0.717, 1.165) is 22.3 Å². The number of hydrogen-bond donors (Lipinski definition) is 2. The van der Waals surface area contributed by atoms with Gasteiger partial charge in [-0.25, -0.2) is 9.59 Å². The van der Waals surface area contributed by atoms with E-state index in [1.54, 1.807) is 0 Å². The number of nitro groups is 1. The molecule has 1 aliphatic carbocycles. The third-order valence-corrected chi connectivity index (χ3v) is 5.87.